The molecule has 11 heteroatoms. The van der Waals surface area contributed by atoms with Gasteiger partial charge in [0, 0.05) is 5.69 Å². The monoisotopic (exact) mass is 438 g/mol. The van der Waals surface area contributed by atoms with Gasteiger partial charge < -0.3 is 14.8 Å². The minimum absolute atomic E-state index is 0.0183. The van der Waals surface area contributed by atoms with Gasteiger partial charge in [-0.3, -0.25) is 4.79 Å². The number of amides is 1. The van der Waals surface area contributed by atoms with E-state index in [4.69, 9.17) is 0 Å². The molecule has 2 rings (SSSR count). The van der Waals surface area contributed by atoms with E-state index in [1.165, 1.54) is 25.1 Å². The van der Waals surface area contributed by atoms with Crippen LogP contribution >= 0.6 is 0 Å². The van der Waals surface area contributed by atoms with Gasteiger partial charge in [0.15, 0.2) is 0 Å². The van der Waals surface area contributed by atoms with Crippen molar-refractivity contribution in [3.05, 3.63) is 59.4 Å². The summed E-state index contributed by atoms with van der Waals surface area (Å²) in [6.07, 6.45) is 0. The average molecular weight is 438 g/mol. The lowest BCUT2D eigenvalue weighted by Crippen LogP contribution is -2.41. The number of ether oxygens (including phenoxy) is 2. The number of methoxy groups -OCH3 is 2. The second kappa shape index (κ2) is 9.46. The Balaban J connectivity index is 2.22. The van der Waals surface area contributed by atoms with Crippen molar-refractivity contribution in [1.82, 2.24) is 4.72 Å². The summed E-state index contributed by atoms with van der Waals surface area (Å²) in [7, 11) is -1.79. The van der Waals surface area contributed by atoms with Crippen LogP contribution in [0.2, 0.25) is 0 Å². The predicted molar refractivity (Wildman–Crippen MR) is 104 cm³/mol. The summed E-state index contributed by atoms with van der Waals surface area (Å²) in [6, 6.07) is 6.60. The molecule has 0 aromatic heterocycles. The number of halogens is 1. The molecule has 0 heterocycles. The Morgan fingerprint density at radius 1 is 0.933 bits per heavy atom. The van der Waals surface area contributed by atoms with Crippen LogP contribution in [0.5, 0.6) is 0 Å². The second-order valence-electron chi connectivity index (χ2n) is 6.07. The molecule has 0 aliphatic heterocycles. The van der Waals surface area contributed by atoms with Gasteiger partial charge in [-0.1, -0.05) is 0 Å². The van der Waals surface area contributed by atoms with E-state index in [2.05, 4.69) is 19.5 Å². The van der Waals surface area contributed by atoms with Crippen LogP contribution in [0.15, 0.2) is 47.4 Å². The number of rotatable bonds is 7. The van der Waals surface area contributed by atoms with Crippen LogP contribution in [-0.2, 0) is 24.3 Å². The van der Waals surface area contributed by atoms with E-state index in [0.29, 0.717) is 0 Å². The summed E-state index contributed by atoms with van der Waals surface area (Å²) >= 11 is 0. The number of benzene rings is 2. The number of esters is 2. The molecular formula is C19H19FN2O7S. The molecule has 0 fully saturated rings. The lowest BCUT2D eigenvalue weighted by atomic mass is 10.1. The van der Waals surface area contributed by atoms with E-state index >= 15 is 0 Å². The Labute approximate surface area is 172 Å². The number of carbonyl (C=O) groups is 3. The maximum atomic E-state index is 13.0. The van der Waals surface area contributed by atoms with Crippen molar-refractivity contribution in [2.45, 2.75) is 17.9 Å². The number of carbonyl (C=O) groups excluding carboxylic acids is 3. The molecule has 160 valence electrons. The fraction of sp³-hybridized carbons (Fsp3) is 0.211. The fourth-order valence-electron chi connectivity index (χ4n) is 2.39. The second-order valence-corrected chi connectivity index (χ2v) is 7.78. The number of anilines is 1. The molecule has 0 aliphatic carbocycles. The summed E-state index contributed by atoms with van der Waals surface area (Å²) in [6.45, 7) is 1.29. The third kappa shape index (κ3) is 5.61. The molecule has 0 unspecified atom stereocenters. The lowest BCUT2D eigenvalue weighted by molar-refractivity contribution is -0.117. The number of hydrogen-bond donors (Lipinski definition) is 2. The lowest BCUT2D eigenvalue weighted by Gasteiger charge is -2.15. The van der Waals surface area contributed by atoms with Crippen LogP contribution < -0.4 is 10.0 Å². The molecule has 1 atom stereocenters. The van der Waals surface area contributed by atoms with Gasteiger partial charge in [0.2, 0.25) is 15.9 Å². The Hall–Kier alpha value is -3.31. The van der Waals surface area contributed by atoms with Gasteiger partial charge in [-0.05, 0) is 49.4 Å². The summed E-state index contributed by atoms with van der Waals surface area (Å²) in [5, 5.41) is 2.42. The van der Waals surface area contributed by atoms with Crippen molar-refractivity contribution < 1.29 is 36.7 Å². The van der Waals surface area contributed by atoms with Gasteiger partial charge in [0.05, 0.1) is 36.3 Å². The maximum Gasteiger partial charge on any atom is 0.337 e. The Morgan fingerprint density at radius 3 is 1.90 bits per heavy atom. The summed E-state index contributed by atoms with van der Waals surface area (Å²) < 4.78 is 49.1. The van der Waals surface area contributed by atoms with Crippen molar-refractivity contribution in [3.8, 4) is 0 Å². The first-order chi connectivity index (χ1) is 14.1. The molecule has 1 amide bonds. The van der Waals surface area contributed by atoms with Crippen molar-refractivity contribution in [1.29, 1.82) is 0 Å². The summed E-state index contributed by atoms with van der Waals surface area (Å²) in [5.41, 5.74) is 0.0154. The van der Waals surface area contributed by atoms with E-state index in [1.54, 1.807) is 0 Å². The SMILES string of the molecule is COC(=O)c1cc(NC(=O)[C@H](C)NS(=O)(=O)c2ccc(F)cc2)cc(C(=O)OC)c1. The minimum Gasteiger partial charge on any atom is -0.465 e. The van der Waals surface area contributed by atoms with Crippen LogP contribution in [0.25, 0.3) is 0 Å². The molecule has 0 radical (unpaired) electrons. The van der Waals surface area contributed by atoms with Crippen LogP contribution in [0.3, 0.4) is 0 Å². The molecule has 0 bridgehead atoms. The van der Waals surface area contributed by atoms with Gasteiger partial charge in [-0.15, -0.1) is 0 Å². The van der Waals surface area contributed by atoms with Crippen LogP contribution in [0, 0.1) is 5.82 Å². The van der Waals surface area contributed by atoms with Crippen molar-refractivity contribution in [2.75, 3.05) is 19.5 Å². The highest BCUT2D eigenvalue weighted by molar-refractivity contribution is 7.89. The fourth-order valence-corrected chi connectivity index (χ4v) is 3.59. The zero-order valence-corrected chi connectivity index (χ0v) is 17.1. The smallest absolute Gasteiger partial charge is 0.337 e. The van der Waals surface area contributed by atoms with Crippen molar-refractivity contribution in [2.24, 2.45) is 0 Å². The standard InChI is InChI=1S/C19H19FN2O7S/c1-11(22-30(26,27)16-6-4-14(20)5-7-16)17(23)21-15-9-12(18(24)28-2)8-13(10-15)19(25)29-3/h4-11,22H,1-3H3,(H,21,23)/t11-/m0/s1. The number of sulfonamides is 1. The van der Waals surface area contributed by atoms with Gasteiger partial charge >= 0.3 is 11.9 Å². The Kier molecular flexibility index (Phi) is 7.24. The van der Waals surface area contributed by atoms with Crippen LogP contribution in [0.1, 0.15) is 27.6 Å². The van der Waals surface area contributed by atoms with Gasteiger partial charge in [-0.25, -0.2) is 22.4 Å². The van der Waals surface area contributed by atoms with Gasteiger partial charge in [0.25, 0.3) is 0 Å². The molecule has 2 aromatic rings. The van der Waals surface area contributed by atoms with Gasteiger partial charge in [-0.2, -0.15) is 4.72 Å². The topological polar surface area (TPSA) is 128 Å². The first-order valence-electron chi connectivity index (χ1n) is 8.48. The number of nitrogens with one attached hydrogen (secondary N) is 2. The van der Waals surface area contributed by atoms with E-state index in [-0.39, 0.29) is 21.7 Å². The first kappa shape index (κ1) is 23.0. The highest BCUT2D eigenvalue weighted by atomic mass is 32.2. The quantitative estimate of drug-likeness (QED) is 0.630. The molecule has 2 aromatic carbocycles. The Morgan fingerprint density at radius 2 is 1.43 bits per heavy atom. The highest BCUT2D eigenvalue weighted by Gasteiger charge is 2.23. The normalized spacial score (nSPS) is 12.0. The molecule has 0 saturated heterocycles. The molecule has 30 heavy (non-hydrogen) atoms. The summed E-state index contributed by atoms with van der Waals surface area (Å²) in [4.78, 5) is 35.9. The molecule has 2 N–H and O–H groups in total. The van der Waals surface area contributed by atoms with E-state index in [9.17, 15) is 27.2 Å². The molecular weight excluding hydrogens is 419 g/mol. The van der Waals surface area contributed by atoms with Crippen molar-refractivity contribution >= 4 is 33.6 Å². The minimum atomic E-state index is -4.09. The van der Waals surface area contributed by atoms with E-state index in [0.717, 1.165) is 38.5 Å². The van der Waals surface area contributed by atoms with Crippen LogP contribution in [-0.4, -0.2) is 46.5 Å². The highest BCUT2D eigenvalue weighted by Crippen LogP contribution is 2.18. The average Bonchev–Trinajstić information content (AvgIpc) is 2.72. The molecule has 0 spiro atoms. The predicted octanol–water partition coefficient (Wildman–Crippen LogP) is 1.70. The largest absolute Gasteiger partial charge is 0.465 e. The van der Waals surface area contributed by atoms with Crippen molar-refractivity contribution in [3.63, 3.8) is 0 Å². The Bertz CT molecular complexity index is 1030. The summed E-state index contributed by atoms with van der Waals surface area (Å²) in [5.74, 6) is -2.87. The van der Waals surface area contributed by atoms with E-state index in [1.807, 2.05) is 0 Å². The number of hydrogen-bond acceptors (Lipinski definition) is 7. The molecule has 0 aliphatic rings. The maximum absolute atomic E-state index is 13.0. The van der Waals surface area contributed by atoms with Gasteiger partial charge in [0.1, 0.15) is 5.82 Å². The first-order valence-corrected chi connectivity index (χ1v) is 9.96. The third-order valence-corrected chi connectivity index (χ3v) is 5.45. The van der Waals surface area contributed by atoms with Crippen LogP contribution in [0.4, 0.5) is 10.1 Å². The zero-order chi connectivity index (χ0) is 22.5. The van der Waals surface area contributed by atoms with E-state index < -0.39 is 39.7 Å². The molecule has 0 saturated carbocycles. The third-order valence-electron chi connectivity index (χ3n) is 3.89. The molecule has 9 nitrogen and oxygen atoms in total. The zero-order valence-electron chi connectivity index (χ0n) is 16.3.